The van der Waals surface area contributed by atoms with Gasteiger partial charge in [-0.15, -0.1) is 0 Å². The number of carbonyl (C=O) groups excluding carboxylic acids is 1. The summed E-state index contributed by atoms with van der Waals surface area (Å²) in [4.78, 5) is 15.7. The van der Waals surface area contributed by atoms with Gasteiger partial charge in [0.2, 0.25) is 0 Å². The van der Waals surface area contributed by atoms with E-state index in [1.165, 1.54) is 0 Å². The Bertz CT molecular complexity index is 933. The molecule has 1 aromatic heterocycles. The van der Waals surface area contributed by atoms with Crippen molar-refractivity contribution >= 4 is 16.8 Å². The number of methoxy groups -OCH3 is 3. The van der Waals surface area contributed by atoms with Crippen LogP contribution in [-0.2, 0) is 0 Å². The molecule has 6 heteroatoms. The monoisotopic (exact) mass is 354 g/mol. The number of hydrogen-bond donors (Lipinski definition) is 2. The second kappa shape index (κ2) is 7.39. The molecule has 2 aromatic carbocycles. The van der Waals surface area contributed by atoms with Gasteiger partial charge in [0.15, 0.2) is 11.5 Å². The van der Waals surface area contributed by atoms with E-state index in [-0.39, 0.29) is 11.9 Å². The van der Waals surface area contributed by atoms with E-state index in [0.717, 1.165) is 22.2 Å². The molecule has 26 heavy (non-hydrogen) atoms. The van der Waals surface area contributed by atoms with Crippen LogP contribution in [0.4, 0.5) is 0 Å². The number of H-pyrrole nitrogens is 1. The van der Waals surface area contributed by atoms with E-state index in [2.05, 4.69) is 10.3 Å². The summed E-state index contributed by atoms with van der Waals surface area (Å²) in [6, 6.07) is 12.8. The Morgan fingerprint density at radius 3 is 2.42 bits per heavy atom. The van der Waals surface area contributed by atoms with Crippen molar-refractivity contribution < 1.29 is 19.0 Å². The highest BCUT2D eigenvalue weighted by Gasteiger charge is 2.15. The second-order valence-electron chi connectivity index (χ2n) is 5.95. The van der Waals surface area contributed by atoms with Crippen LogP contribution in [0.1, 0.15) is 29.0 Å². The maximum atomic E-state index is 12.6. The molecule has 0 spiro atoms. The van der Waals surface area contributed by atoms with E-state index >= 15 is 0 Å². The maximum Gasteiger partial charge on any atom is 0.268 e. The van der Waals surface area contributed by atoms with E-state index in [0.29, 0.717) is 17.2 Å². The SMILES string of the molecule is COc1ccc2[nH]c(C(=O)NC(C)c3ccc(OC)c(OC)c3)cc2c1. The molecule has 1 atom stereocenters. The van der Waals surface area contributed by atoms with Gasteiger partial charge in [-0.2, -0.15) is 0 Å². The summed E-state index contributed by atoms with van der Waals surface area (Å²) in [5, 5.41) is 3.92. The van der Waals surface area contributed by atoms with E-state index in [1.54, 1.807) is 21.3 Å². The van der Waals surface area contributed by atoms with Crippen LogP contribution in [0, 0.1) is 0 Å². The lowest BCUT2D eigenvalue weighted by Gasteiger charge is -2.16. The number of nitrogens with one attached hydrogen (secondary N) is 2. The predicted molar refractivity (Wildman–Crippen MR) is 100 cm³/mol. The number of aromatic amines is 1. The Morgan fingerprint density at radius 1 is 0.962 bits per heavy atom. The molecule has 0 bridgehead atoms. The van der Waals surface area contributed by atoms with Crippen molar-refractivity contribution in [1.82, 2.24) is 10.3 Å². The zero-order chi connectivity index (χ0) is 18.7. The lowest BCUT2D eigenvalue weighted by atomic mass is 10.1. The predicted octanol–water partition coefficient (Wildman–Crippen LogP) is 3.68. The summed E-state index contributed by atoms with van der Waals surface area (Å²) in [5.41, 5.74) is 2.31. The van der Waals surface area contributed by atoms with Gasteiger partial charge >= 0.3 is 0 Å². The third-order valence-electron chi connectivity index (χ3n) is 4.33. The topological polar surface area (TPSA) is 72.6 Å². The Kier molecular flexibility index (Phi) is 5.02. The first-order chi connectivity index (χ1) is 12.5. The lowest BCUT2D eigenvalue weighted by molar-refractivity contribution is 0.0935. The highest BCUT2D eigenvalue weighted by atomic mass is 16.5. The quantitative estimate of drug-likeness (QED) is 0.708. The zero-order valence-electron chi connectivity index (χ0n) is 15.3. The number of aromatic nitrogens is 1. The summed E-state index contributed by atoms with van der Waals surface area (Å²) in [7, 11) is 4.80. The molecule has 1 amide bonds. The summed E-state index contributed by atoms with van der Waals surface area (Å²) in [5.74, 6) is 1.85. The number of benzene rings is 2. The van der Waals surface area contributed by atoms with Crippen molar-refractivity contribution in [2.75, 3.05) is 21.3 Å². The van der Waals surface area contributed by atoms with Gasteiger partial charge in [-0.25, -0.2) is 0 Å². The van der Waals surface area contributed by atoms with E-state index in [1.807, 2.05) is 49.4 Å². The van der Waals surface area contributed by atoms with Gasteiger partial charge in [0.1, 0.15) is 11.4 Å². The van der Waals surface area contributed by atoms with Crippen molar-refractivity contribution in [3.05, 3.63) is 53.7 Å². The van der Waals surface area contributed by atoms with E-state index in [9.17, 15) is 4.79 Å². The van der Waals surface area contributed by atoms with Crippen LogP contribution in [0.15, 0.2) is 42.5 Å². The largest absolute Gasteiger partial charge is 0.497 e. The molecule has 6 nitrogen and oxygen atoms in total. The molecule has 3 rings (SSSR count). The third kappa shape index (κ3) is 3.44. The molecule has 0 saturated heterocycles. The Hall–Kier alpha value is -3.15. The second-order valence-corrected chi connectivity index (χ2v) is 5.95. The number of hydrogen-bond acceptors (Lipinski definition) is 4. The molecule has 0 radical (unpaired) electrons. The molecular weight excluding hydrogens is 332 g/mol. The molecule has 136 valence electrons. The Labute approximate surface area is 152 Å². The van der Waals surface area contributed by atoms with Crippen LogP contribution >= 0.6 is 0 Å². The van der Waals surface area contributed by atoms with E-state index < -0.39 is 0 Å². The molecule has 0 aliphatic heterocycles. The van der Waals surface area contributed by atoms with Gasteiger partial charge in [-0.3, -0.25) is 4.79 Å². The van der Waals surface area contributed by atoms with Gasteiger partial charge in [0, 0.05) is 10.9 Å². The first kappa shape index (κ1) is 17.7. The van der Waals surface area contributed by atoms with Gasteiger partial charge in [-0.05, 0) is 48.9 Å². The van der Waals surface area contributed by atoms with Crippen LogP contribution in [-0.4, -0.2) is 32.2 Å². The van der Waals surface area contributed by atoms with Gasteiger partial charge in [0.05, 0.1) is 27.4 Å². The van der Waals surface area contributed by atoms with Crippen LogP contribution in [0.2, 0.25) is 0 Å². The molecule has 3 aromatic rings. The summed E-state index contributed by atoms with van der Waals surface area (Å²) in [6.45, 7) is 1.92. The first-order valence-corrected chi connectivity index (χ1v) is 8.25. The number of ether oxygens (including phenoxy) is 3. The third-order valence-corrected chi connectivity index (χ3v) is 4.33. The van der Waals surface area contributed by atoms with E-state index in [4.69, 9.17) is 14.2 Å². The fourth-order valence-electron chi connectivity index (χ4n) is 2.84. The van der Waals surface area contributed by atoms with Crippen LogP contribution in [0.5, 0.6) is 17.2 Å². The summed E-state index contributed by atoms with van der Waals surface area (Å²) >= 11 is 0. The van der Waals surface area contributed by atoms with Crippen molar-refractivity contribution in [2.24, 2.45) is 0 Å². The normalized spacial score (nSPS) is 11.8. The smallest absolute Gasteiger partial charge is 0.268 e. The standard InChI is InChI=1S/C20H22N2O4/c1-12(13-5-8-18(25-3)19(11-13)26-4)21-20(23)17-10-14-9-15(24-2)6-7-16(14)22-17/h5-12,22H,1-4H3,(H,21,23). The van der Waals surface area contributed by atoms with Crippen molar-refractivity contribution in [1.29, 1.82) is 0 Å². The minimum Gasteiger partial charge on any atom is -0.497 e. The number of rotatable bonds is 6. The maximum absolute atomic E-state index is 12.6. The highest BCUT2D eigenvalue weighted by molar-refractivity contribution is 5.98. The zero-order valence-corrected chi connectivity index (χ0v) is 15.3. The van der Waals surface area contributed by atoms with Crippen LogP contribution in [0.3, 0.4) is 0 Å². The molecular formula is C20H22N2O4. The van der Waals surface area contributed by atoms with Crippen molar-refractivity contribution in [2.45, 2.75) is 13.0 Å². The molecule has 0 aliphatic carbocycles. The summed E-state index contributed by atoms with van der Waals surface area (Å²) in [6.07, 6.45) is 0. The molecule has 0 aliphatic rings. The minimum absolute atomic E-state index is 0.178. The molecule has 0 fully saturated rings. The van der Waals surface area contributed by atoms with Gasteiger partial charge < -0.3 is 24.5 Å². The average Bonchev–Trinajstić information content (AvgIpc) is 3.10. The molecule has 1 unspecified atom stereocenters. The van der Waals surface area contributed by atoms with Crippen molar-refractivity contribution in [3.8, 4) is 17.2 Å². The number of amides is 1. The number of fused-ring (bicyclic) bond motifs is 1. The molecule has 2 N–H and O–H groups in total. The van der Waals surface area contributed by atoms with Gasteiger partial charge in [0.25, 0.3) is 5.91 Å². The average molecular weight is 354 g/mol. The highest BCUT2D eigenvalue weighted by Crippen LogP contribution is 2.30. The fraction of sp³-hybridized carbons (Fsp3) is 0.250. The first-order valence-electron chi connectivity index (χ1n) is 8.25. The minimum atomic E-state index is -0.191. The summed E-state index contributed by atoms with van der Waals surface area (Å²) < 4.78 is 15.8. The Balaban J connectivity index is 1.78. The van der Waals surface area contributed by atoms with Crippen LogP contribution < -0.4 is 19.5 Å². The molecule has 0 saturated carbocycles. The molecule has 1 heterocycles. The van der Waals surface area contributed by atoms with Crippen LogP contribution in [0.25, 0.3) is 10.9 Å². The van der Waals surface area contributed by atoms with Crippen molar-refractivity contribution in [3.63, 3.8) is 0 Å². The van der Waals surface area contributed by atoms with Gasteiger partial charge in [-0.1, -0.05) is 6.07 Å². The number of carbonyl (C=O) groups is 1. The fourth-order valence-corrected chi connectivity index (χ4v) is 2.84. The Morgan fingerprint density at radius 2 is 1.73 bits per heavy atom. The lowest BCUT2D eigenvalue weighted by Crippen LogP contribution is -2.26.